The normalized spacial score (nSPS) is 15.3. The molecule has 4 rings (SSSR count). The van der Waals surface area contributed by atoms with E-state index in [0.717, 1.165) is 37.4 Å². The van der Waals surface area contributed by atoms with Gasteiger partial charge in [0.1, 0.15) is 4.34 Å². The van der Waals surface area contributed by atoms with Crippen LogP contribution in [0.15, 0.2) is 28.1 Å². The summed E-state index contributed by atoms with van der Waals surface area (Å²) in [6.45, 7) is 3.98. The van der Waals surface area contributed by atoms with Gasteiger partial charge in [-0.3, -0.25) is 9.69 Å². The lowest BCUT2D eigenvalue weighted by atomic mass is 10.2. The van der Waals surface area contributed by atoms with Crippen molar-refractivity contribution in [3.8, 4) is 10.7 Å². The first-order chi connectivity index (χ1) is 13.6. The number of carbonyl (C=O) groups is 1. The number of piperazine rings is 1. The lowest BCUT2D eigenvalue weighted by Gasteiger charge is -2.34. The summed E-state index contributed by atoms with van der Waals surface area (Å²) in [6, 6.07) is 5.61. The van der Waals surface area contributed by atoms with Gasteiger partial charge in [0.05, 0.1) is 14.8 Å². The molecule has 28 heavy (non-hydrogen) atoms. The molecule has 1 saturated heterocycles. The summed E-state index contributed by atoms with van der Waals surface area (Å²) in [5, 5.41) is 6.03. The molecule has 0 saturated carbocycles. The van der Waals surface area contributed by atoms with E-state index >= 15 is 0 Å². The zero-order valence-corrected chi connectivity index (χ0v) is 18.1. The Labute approximate surface area is 180 Å². The molecule has 1 amide bonds. The monoisotopic (exact) mass is 456 g/mol. The van der Waals surface area contributed by atoms with Gasteiger partial charge in [-0.1, -0.05) is 34.4 Å². The Bertz CT molecular complexity index is 933. The minimum absolute atomic E-state index is 0.0419. The minimum Gasteiger partial charge on any atom is -0.339 e. The second-order valence-electron chi connectivity index (χ2n) is 6.46. The number of hydrogen-bond donors (Lipinski definition) is 0. The van der Waals surface area contributed by atoms with Crippen molar-refractivity contribution in [2.75, 3.05) is 32.7 Å². The molecule has 0 aromatic carbocycles. The van der Waals surface area contributed by atoms with E-state index in [1.54, 1.807) is 17.4 Å². The highest BCUT2D eigenvalue weighted by molar-refractivity contribution is 7.20. The molecule has 3 aromatic rings. The van der Waals surface area contributed by atoms with Gasteiger partial charge < -0.3 is 9.42 Å². The van der Waals surface area contributed by atoms with E-state index in [1.807, 2.05) is 22.4 Å². The summed E-state index contributed by atoms with van der Waals surface area (Å²) in [5.74, 6) is 1.28. The van der Waals surface area contributed by atoms with E-state index in [1.165, 1.54) is 11.3 Å². The zero-order chi connectivity index (χ0) is 19.5. The van der Waals surface area contributed by atoms with Crippen LogP contribution in [0.4, 0.5) is 0 Å². The number of amides is 1. The fraction of sp³-hybridized carbons (Fsp3) is 0.389. The SMILES string of the molecule is O=C(c1cc(Cl)sc1Cl)N1CCN(CCCc2nc(-c3cccs3)no2)CC1. The maximum Gasteiger partial charge on any atom is 0.256 e. The number of rotatable bonds is 6. The number of carbonyl (C=O) groups excluding carboxylic acids is 1. The third-order valence-electron chi connectivity index (χ3n) is 4.62. The predicted molar refractivity (Wildman–Crippen MR) is 113 cm³/mol. The van der Waals surface area contributed by atoms with Gasteiger partial charge in [-0.15, -0.1) is 22.7 Å². The number of halogens is 2. The van der Waals surface area contributed by atoms with Gasteiger partial charge in [0.2, 0.25) is 11.7 Å². The molecule has 0 bridgehead atoms. The van der Waals surface area contributed by atoms with Crippen LogP contribution in [0.25, 0.3) is 10.7 Å². The highest BCUT2D eigenvalue weighted by Gasteiger charge is 2.24. The quantitative estimate of drug-likeness (QED) is 0.543. The first-order valence-corrected chi connectivity index (χ1v) is 11.4. The third kappa shape index (κ3) is 4.58. The Kier molecular flexibility index (Phi) is 6.32. The summed E-state index contributed by atoms with van der Waals surface area (Å²) < 4.78 is 6.33. The molecule has 6 nitrogen and oxygen atoms in total. The van der Waals surface area contributed by atoms with Crippen LogP contribution in [-0.2, 0) is 6.42 Å². The van der Waals surface area contributed by atoms with Gasteiger partial charge in [0.25, 0.3) is 5.91 Å². The van der Waals surface area contributed by atoms with Crippen molar-refractivity contribution in [3.63, 3.8) is 0 Å². The van der Waals surface area contributed by atoms with E-state index in [9.17, 15) is 4.79 Å². The predicted octanol–water partition coefficient (Wildman–Crippen LogP) is 4.56. The van der Waals surface area contributed by atoms with Crippen molar-refractivity contribution in [1.29, 1.82) is 0 Å². The van der Waals surface area contributed by atoms with E-state index in [0.29, 0.717) is 39.0 Å². The first-order valence-electron chi connectivity index (χ1n) is 8.93. The summed E-state index contributed by atoms with van der Waals surface area (Å²) in [5.41, 5.74) is 0.503. The van der Waals surface area contributed by atoms with Crippen molar-refractivity contribution in [1.82, 2.24) is 19.9 Å². The number of thiophene rings is 2. The van der Waals surface area contributed by atoms with Crippen LogP contribution >= 0.6 is 45.9 Å². The molecule has 10 heteroatoms. The molecule has 1 fully saturated rings. The molecule has 0 aliphatic carbocycles. The van der Waals surface area contributed by atoms with E-state index < -0.39 is 0 Å². The molecule has 1 aliphatic heterocycles. The lowest BCUT2D eigenvalue weighted by molar-refractivity contribution is 0.0636. The standard InChI is InChI=1S/C18H18Cl2N4O2S2/c19-14-11-12(16(20)28-14)18(25)24-8-6-23(7-9-24)5-1-4-15-21-17(22-26-15)13-3-2-10-27-13/h2-3,10-11H,1,4-9H2. The fourth-order valence-electron chi connectivity index (χ4n) is 3.15. The van der Waals surface area contributed by atoms with Gasteiger partial charge in [-0.05, 0) is 30.5 Å². The van der Waals surface area contributed by atoms with E-state index in [-0.39, 0.29) is 5.91 Å². The molecular formula is C18H18Cl2N4O2S2. The average Bonchev–Trinajstić information content (AvgIpc) is 3.43. The van der Waals surface area contributed by atoms with Crippen LogP contribution in [0.3, 0.4) is 0 Å². The van der Waals surface area contributed by atoms with Crippen molar-refractivity contribution in [3.05, 3.63) is 43.7 Å². The number of hydrogen-bond acceptors (Lipinski definition) is 7. The van der Waals surface area contributed by atoms with Gasteiger partial charge >= 0.3 is 0 Å². The molecule has 0 atom stereocenters. The Morgan fingerprint density at radius 3 is 2.75 bits per heavy atom. The Hall–Kier alpha value is -1.45. The molecular weight excluding hydrogens is 439 g/mol. The largest absolute Gasteiger partial charge is 0.339 e. The van der Waals surface area contributed by atoms with Gasteiger partial charge in [-0.2, -0.15) is 4.98 Å². The molecule has 148 valence electrons. The second-order valence-corrected chi connectivity index (χ2v) is 9.70. The smallest absolute Gasteiger partial charge is 0.256 e. The van der Waals surface area contributed by atoms with Crippen LogP contribution in [0.1, 0.15) is 22.7 Å². The zero-order valence-electron chi connectivity index (χ0n) is 14.9. The van der Waals surface area contributed by atoms with E-state index in [2.05, 4.69) is 15.0 Å². The number of aromatic nitrogens is 2. The molecule has 0 radical (unpaired) electrons. The third-order valence-corrected chi connectivity index (χ3v) is 6.97. The highest BCUT2D eigenvalue weighted by Crippen LogP contribution is 2.32. The van der Waals surface area contributed by atoms with Crippen molar-refractivity contribution >= 4 is 51.8 Å². The highest BCUT2D eigenvalue weighted by atomic mass is 35.5. The van der Waals surface area contributed by atoms with Gasteiger partial charge in [0.15, 0.2) is 0 Å². The first kappa shape index (κ1) is 19.8. The number of nitrogens with zero attached hydrogens (tertiary/aromatic N) is 4. The Balaban J connectivity index is 1.22. The van der Waals surface area contributed by atoms with Crippen LogP contribution in [0.5, 0.6) is 0 Å². The topological polar surface area (TPSA) is 62.5 Å². The molecule has 1 aliphatic rings. The van der Waals surface area contributed by atoms with Crippen LogP contribution in [-0.4, -0.2) is 58.6 Å². The van der Waals surface area contributed by atoms with Crippen LogP contribution < -0.4 is 0 Å². The molecule has 0 N–H and O–H groups in total. The summed E-state index contributed by atoms with van der Waals surface area (Å²) in [4.78, 5) is 22.2. The van der Waals surface area contributed by atoms with Gasteiger partial charge in [-0.25, -0.2) is 0 Å². The van der Waals surface area contributed by atoms with Crippen molar-refractivity contribution in [2.45, 2.75) is 12.8 Å². The molecule has 0 unspecified atom stereocenters. The summed E-state index contributed by atoms with van der Waals surface area (Å²) in [7, 11) is 0. The maximum atomic E-state index is 12.6. The average molecular weight is 457 g/mol. The molecule has 0 spiro atoms. The molecule has 3 aromatic heterocycles. The van der Waals surface area contributed by atoms with Crippen LogP contribution in [0, 0.1) is 0 Å². The van der Waals surface area contributed by atoms with Crippen molar-refractivity contribution in [2.24, 2.45) is 0 Å². The second kappa shape index (κ2) is 8.92. The fourth-order valence-corrected chi connectivity index (χ4v) is 5.24. The minimum atomic E-state index is -0.0419. The summed E-state index contributed by atoms with van der Waals surface area (Å²) in [6.07, 6.45) is 1.69. The number of aryl methyl sites for hydroxylation is 1. The lowest BCUT2D eigenvalue weighted by Crippen LogP contribution is -2.48. The van der Waals surface area contributed by atoms with E-state index in [4.69, 9.17) is 27.7 Å². The van der Waals surface area contributed by atoms with Gasteiger partial charge in [0, 0.05) is 32.6 Å². The van der Waals surface area contributed by atoms with Crippen LogP contribution in [0.2, 0.25) is 8.67 Å². The summed E-state index contributed by atoms with van der Waals surface area (Å²) >= 11 is 14.9. The van der Waals surface area contributed by atoms with Crippen molar-refractivity contribution < 1.29 is 9.32 Å². The maximum absolute atomic E-state index is 12.6. The Morgan fingerprint density at radius 2 is 2.07 bits per heavy atom. The molecule has 4 heterocycles. The Morgan fingerprint density at radius 1 is 1.25 bits per heavy atom.